The van der Waals surface area contributed by atoms with Crippen LogP contribution in [0.4, 0.5) is 0 Å². The number of hydrogen-bond donors (Lipinski definition) is 0. The summed E-state index contributed by atoms with van der Waals surface area (Å²) in [6, 6.07) is 19.2. The van der Waals surface area contributed by atoms with E-state index >= 15 is 0 Å². The molecule has 158 valence electrons. The fraction of sp³-hybridized carbons (Fsp3) is 0.304. The minimum absolute atomic E-state index is 0.106. The van der Waals surface area contributed by atoms with Gasteiger partial charge in [-0.3, -0.25) is 0 Å². The average molecular weight is 475 g/mol. The van der Waals surface area contributed by atoms with E-state index < -0.39 is 24.5 Å². The summed E-state index contributed by atoms with van der Waals surface area (Å²) in [4.78, 5) is 24.3. The Morgan fingerprint density at radius 3 is 2.43 bits per heavy atom. The van der Waals surface area contributed by atoms with Crippen molar-refractivity contribution in [2.45, 2.75) is 31.8 Å². The van der Waals surface area contributed by atoms with Gasteiger partial charge in [0.2, 0.25) is 0 Å². The second-order valence-electron chi connectivity index (χ2n) is 6.71. The van der Waals surface area contributed by atoms with E-state index in [0.29, 0.717) is 5.57 Å². The van der Waals surface area contributed by atoms with Gasteiger partial charge in [0.1, 0.15) is 0 Å². The van der Waals surface area contributed by atoms with Crippen molar-refractivity contribution in [3.05, 3.63) is 78.1 Å². The Morgan fingerprint density at radius 1 is 1.10 bits per heavy atom. The molecule has 1 aliphatic heterocycles. The Bertz CT molecular complexity index is 868. The van der Waals surface area contributed by atoms with Gasteiger partial charge in [-0.2, -0.15) is 0 Å². The summed E-state index contributed by atoms with van der Waals surface area (Å²) in [7, 11) is 1.31. The van der Waals surface area contributed by atoms with Crippen LogP contribution in [0.25, 0.3) is 0 Å². The average Bonchev–Trinajstić information content (AvgIpc) is 2.78. The molecule has 3 rings (SSSR count). The maximum absolute atomic E-state index is 12.7. The number of methoxy groups -OCH3 is 1. The van der Waals surface area contributed by atoms with Gasteiger partial charge < -0.3 is 0 Å². The molecule has 1 saturated heterocycles. The van der Waals surface area contributed by atoms with Crippen molar-refractivity contribution in [3.63, 3.8) is 0 Å². The number of rotatable bonds is 8. The van der Waals surface area contributed by atoms with Crippen LogP contribution in [0.15, 0.2) is 72.5 Å². The normalized spacial score (nSPS) is 21.7. The van der Waals surface area contributed by atoms with Gasteiger partial charge in [-0.15, -0.1) is 0 Å². The SMILES string of the molecule is COC(=O)/C(C)=C/O[C@@H]1CO[C@@H](c2ccccc2)O[C@H]1CC(=O)[Se]c1ccccc1. The van der Waals surface area contributed by atoms with Crippen LogP contribution in [-0.2, 0) is 28.5 Å². The molecule has 7 heteroatoms. The van der Waals surface area contributed by atoms with Crippen molar-refractivity contribution in [1.82, 2.24) is 0 Å². The van der Waals surface area contributed by atoms with Gasteiger partial charge in [-0.05, 0) is 0 Å². The van der Waals surface area contributed by atoms with E-state index in [1.807, 2.05) is 60.7 Å². The molecule has 2 aromatic carbocycles. The monoisotopic (exact) mass is 476 g/mol. The molecule has 0 aromatic heterocycles. The molecule has 0 saturated carbocycles. The number of carbonyl (C=O) groups excluding carboxylic acids is 2. The molecule has 30 heavy (non-hydrogen) atoms. The van der Waals surface area contributed by atoms with Gasteiger partial charge in [0.25, 0.3) is 0 Å². The van der Waals surface area contributed by atoms with Crippen LogP contribution in [0.1, 0.15) is 25.2 Å². The van der Waals surface area contributed by atoms with Gasteiger partial charge in [-0.1, -0.05) is 0 Å². The molecule has 6 nitrogen and oxygen atoms in total. The molecule has 0 amide bonds. The molecule has 1 fully saturated rings. The third-order valence-corrected chi connectivity index (χ3v) is 6.36. The van der Waals surface area contributed by atoms with Crippen molar-refractivity contribution in [2.24, 2.45) is 0 Å². The third kappa shape index (κ3) is 6.28. The number of ether oxygens (including phenoxy) is 4. The summed E-state index contributed by atoms with van der Waals surface area (Å²) in [5.74, 6) is -0.477. The first-order valence-electron chi connectivity index (χ1n) is 9.55. The Hall–Kier alpha value is -2.44. The van der Waals surface area contributed by atoms with E-state index in [0.717, 1.165) is 10.0 Å². The molecule has 0 aliphatic carbocycles. The molecule has 1 heterocycles. The quantitative estimate of drug-likeness (QED) is 0.253. The molecule has 3 atom stereocenters. The zero-order valence-corrected chi connectivity index (χ0v) is 18.6. The number of benzene rings is 2. The zero-order chi connectivity index (χ0) is 21.3. The second-order valence-corrected chi connectivity index (χ2v) is 9.08. The van der Waals surface area contributed by atoms with E-state index in [9.17, 15) is 9.59 Å². The van der Waals surface area contributed by atoms with Gasteiger partial charge in [0.05, 0.1) is 0 Å². The van der Waals surface area contributed by atoms with Gasteiger partial charge in [0, 0.05) is 0 Å². The molecule has 1 aliphatic rings. The zero-order valence-electron chi connectivity index (χ0n) is 16.9. The molecule has 0 N–H and O–H groups in total. The molecular weight excluding hydrogens is 451 g/mol. The maximum atomic E-state index is 12.7. The van der Waals surface area contributed by atoms with Crippen molar-refractivity contribution in [1.29, 1.82) is 0 Å². The summed E-state index contributed by atoms with van der Waals surface area (Å²) in [6.45, 7) is 1.84. The fourth-order valence-electron chi connectivity index (χ4n) is 2.89. The topological polar surface area (TPSA) is 71.1 Å². The standard InChI is InChI=1S/C23H24O6Se/c1-16(22(25)26-2)14-27-20-15-28-23(17-9-5-3-6-10-17)29-19(20)13-21(24)30-18-11-7-4-8-12-18/h3-12,14,19-20,23H,13,15H2,1-2H3/b16-14+/t19-,20+,23+/m0/s1. The Kier molecular flexibility index (Phi) is 8.22. The van der Waals surface area contributed by atoms with Crippen molar-refractivity contribution in [3.8, 4) is 0 Å². The first-order valence-corrected chi connectivity index (χ1v) is 11.3. The summed E-state index contributed by atoms with van der Waals surface area (Å²) >= 11 is -0.312. The number of carbonyl (C=O) groups is 2. The fourth-order valence-corrected chi connectivity index (χ4v) is 4.58. The molecular formula is C23H24O6Se. The first kappa shape index (κ1) is 22.2. The van der Waals surface area contributed by atoms with Gasteiger partial charge in [0.15, 0.2) is 0 Å². The van der Waals surface area contributed by atoms with Crippen molar-refractivity contribution < 1.29 is 28.5 Å². The predicted octanol–water partition coefficient (Wildman–Crippen LogP) is 2.51. The second kappa shape index (κ2) is 11.1. The van der Waals surface area contributed by atoms with E-state index in [-0.39, 0.29) is 32.7 Å². The van der Waals surface area contributed by atoms with E-state index in [1.165, 1.54) is 13.4 Å². The summed E-state index contributed by atoms with van der Waals surface area (Å²) in [6.07, 6.45) is -0.0360. The first-order chi connectivity index (χ1) is 14.6. The Balaban J connectivity index is 1.70. The van der Waals surface area contributed by atoms with E-state index in [4.69, 9.17) is 14.2 Å². The van der Waals surface area contributed by atoms with E-state index in [2.05, 4.69) is 4.74 Å². The third-order valence-electron chi connectivity index (χ3n) is 4.47. The van der Waals surface area contributed by atoms with Crippen LogP contribution >= 0.6 is 0 Å². The molecule has 0 spiro atoms. The Morgan fingerprint density at radius 2 is 1.77 bits per heavy atom. The number of esters is 1. The summed E-state index contributed by atoms with van der Waals surface area (Å²) in [5, 5.41) is 0. The van der Waals surface area contributed by atoms with Crippen molar-refractivity contribution >= 4 is 30.1 Å². The van der Waals surface area contributed by atoms with Gasteiger partial charge >= 0.3 is 182 Å². The van der Waals surface area contributed by atoms with Crippen LogP contribution in [-0.4, -0.2) is 51.5 Å². The summed E-state index contributed by atoms with van der Waals surface area (Å²) < 4.78 is 23.5. The van der Waals surface area contributed by atoms with Crippen LogP contribution in [0, 0.1) is 0 Å². The van der Waals surface area contributed by atoms with E-state index in [1.54, 1.807) is 6.92 Å². The molecule has 0 bridgehead atoms. The molecule has 0 unspecified atom stereocenters. The van der Waals surface area contributed by atoms with Crippen LogP contribution in [0.3, 0.4) is 0 Å². The van der Waals surface area contributed by atoms with Crippen molar-refractivity contribution in [2.75, 3.05) is 13.7 Å². The Labute approximate surface area is 182 Å². The van der Waals surface area contributed by atoms with Gasteiger partial charge in [-0.25, -0.2) is 0 Å². The van der Waals surface area contributed by atoms with Crippen LogP contribution in [0.2, 0.25) is 0 Å². The molecule has 2 aromatic rings. The van der Waals surface area contributed by atoms with Crippen LogP contribution in [0.5, 0.6) is 0 Å². The number of hydrogen-bond acceptors (Lipinski definition) is 6. The molecule has 0 radical (unpaired) electrons. The van der Waals surface area contributed by atoms with Crippen LogP contribution < -0.4 is 4.46 Å². The predicted molar refractivity (Wildman–Crippen MR) is 112 cm³/mol. The summed E-state index contributed by atoms with van der Waals surface area (Å²) in [5.41, 5.74) is 1.20. The minimum atomic E-state index is -0.571.